The van der Waals surface area contributed by atoms with Gasteiger partial charge in [-0.05, 0) is 43.9 Å². The third kappa shape index (κ3) is 3.62. The molecular formula is C18H23N3O3S2. The monoisotopic (exact) mass is 393 g/mol. The molecule has 0 aliphatic carbocycles. The van der Waals surface area contributed by atoms with Gasteiger partial charge in [0, 0.05) is 29.6 Å². The summed E-state index contributed by atoms with van der Waals surface area (Å²) in [7, 11) is -2.95. The molecule has 3 aliphatic heterocycles. The Morgan fingerprint density at radius 2 is 2.00 bits per heavy atom. The van der Waals surface area contributed by atoms with Crippen molar-refractivity contribution in [3.63, 3.8) is 0 Å². The Balaban J connectivity index is 1.50. The number of carbonyl (C=O) groups excluding carboxylic acids is 1. The van der Waals surface area contributed by atoms with E-state index in [0.29, 0.717) is 5.56 Å². The molecule has 2 atom stereocenters. The maximum Gasteiger partial charge on any atom is 0.253 e. The highest BCUT2D eigenvalue weighted by molar-refractivity contribution is 8.15. The molecule has 1 aromatic rings. The number of nitrogens with one attached hydrogen (secondary N) is 1. The second-order valence-electron chi connectivity index (χ2n) is 7.24. The summed E-state index contributed by atoms with van der Waals surface area (Å²) in [6, 6.07) is 5.57. The largest absolute Gasteiger partial charge is 0.339 e. The minimum absolute atomic E-state index is 0.0148. The summed E-state index contributed by atoms with van der Waals surface area (Å²) in [5, 5.41) is 4.08. The van der Waals surface area contributed by atoms with Crippen LogP contribution in [0.3, 0.4) is 0 Å². The van der Waals surface area contributed by atoms with E-state index >= 15 is 0 Å². The molecule has 6 nitrogen and oxygen atoms in total. The van der Waals surface area contributed by atoms with Crippen LogP contribution in [-0.4, -0.2) is 60.3 Å². The molecule has 2 saturated heterocycles. The Bertz CT molecular complexity index is 860. The first-order valence-electron chi connectivity index (χ1n) is 9.03. The van der Waals surface area contributed by atoms with E-state index in [0.717, 1.165) is 42.3 Å². The molecule has 0 spiro atoms. The van der Waals surface area contributed by atoms with Crippen LogP contribution in [0.25, 0.3) is 0 Å². The molecule has 1 aromatic carbocycles. The highest BCUT2D eigenvalue weighted by atomic mass is 32.2. The Morgan fingerprint density at radius 1 is 1.23 bits per heavy atom. The number of thioether (sulfide) groups is 1. The van der Waals surface area contributed by atoms with Crippen molar-refractivity contribution in [1.82, 2.24) is 4.90 Å². The summed E-state index contributed by atoms with van der Waals surface area (Å²) in [5.41, 5.74) is 2.58. The van der Waals surface area contributed by atoms with E-state index in [2.05, 4.69) is 10.3 Å². The van der Waals surface area contributed by atoms with Gasteiger partial charge in [-0.1, -0.05) is 17.8 Å². The van der Waals surface area contributed by atoms with Gasteiger partial charge in [0.05, 0.1) is 17.5 Å². The van der Waals surface area contributed by atoms with Gasteiger partial charge in [0.25, 0.3) is 5.91 Å². The van der Waals surface area contributed by atoms with Crippen molar-refractivity contribution < 1.29 is 13.2 Å². The number of anilines is 1. The van der Waals surface area contributed by atoms with Gasteiger partial charge in [0.1, 0.15) is 0 Å². The molecule has 26 heavy (non-hydrogen) atoms. The first-order chi connectivity index (χ1) is 12.4. The average Bonchev–Trinajstić information content (AvgIpc) is 3.09. The summed E-state index contributed by atoms with van der Waals surface area (Å²) in [6.07, 6.45) is 3.34. The predicted octanol–water partition coefficient (Wildman–Crippen LogP) is 2.30. The van der Waals surface area contributed by atoms with E-state index in [4.69, 9.17) is 0 Å². The van der Waals surface area contributed by atoms with Crippen LogP contribution in [-0.2, 0) is 9.84 Å². The molecule has 1 N–H and O–H groups in total. The SMILES string of the molecule is Cc1ccc(C(=O)N2CCCCC2)cc1NC1=N[C@@H]2CS(=O)(=O)C[C@H]2S1. The number of rotatable bonds is 2. The molecule has 8 heteroatoms. The summed E-state index contributed by atoms with van der Waals surface area (Å²) in [4.78, 5) is 19.2. The molecule has 140 valence electrons. The van der Waals surface area contributed by atoms with Crippen LogP contribution < -0.4 is 5.32 Å². The first-order valence-corrected chi connectivity index (χ1v) is 11.7. The second kappa shape index (κ2) is 6.88. The summed E-state index contributed by atoms with van der Waals surface area (Å²) in [6.45, 7) is 3.65. The number of nitrogens with zero attached hydrogens (tertiary/aromatic N) is 2. The van der Waals surface area contributed by atoms with E-state index in [1.807, 2.05) is 30.0 Å². The molecular weight excluding hydrogens is 370 g/mol. The van der Waals surface area contributed by atoms with Gasteiger partial charge in [0.15, 0.2) is 15.0 Å². The van der Waals surface area contributed by atoms with Crippen LogP contribution in [0.15, 0.2) is 23.2 Å². The first kappa shape index (κ1) is 17.9. The number of fused-ring (bicyclic) bond motifs is 1. The number of hydrogen-bond acceptors (Lipinski definition) is 6. The van der Waals surface area contributed by atoms with Gasteiger partial charge in [0.2, 0.25) is 0 Å². The number of piperidine rings is 1. The maximum absolute atomic E-state index is 12.7. The predicted molar refractivity (Wildman–Crippen MR) is 106 cm³/mol. The lowest BCUT2D eigenvalue weighted by molar-refractivity contribution is 0.0724. The zero-order chi connectivity index (χ0) is 18.3. The minimum atomic E-state index is -2.95. The fraction of sp³-hybridized carbons (Fsp3) is 0.556. The number of carbonyl (C=O) groups is 1. The minimum Gasteiger partial charge on any atom is -0.339 e. The van der Waals surface area contributed by atoms with Crippen molar-refractivity contribution in [2.24, 2.45) is 4.99 Å². The quantitative estimate of drug-likeness (QED) is 0.834. The van der Waals surface area contributed by atoms with Gasteiger partial charge in [-0.15, -0.1) is 0 Å². The molecule has 0 bridgehead atoms. The molecule has 0 aromatic heterocycles. The Morgan fingerprint density at radius 3 is 2.73 bits per heavy atom. The van der Waals surface area contributed by atoms with Crippen molar-refractivity contribution in [2.75, 3.05) is 29.9 Å². The zero-order valence-electron chi connectivity index (χ0n) is 14.8. The van der Waals surface area contributed by atoms with Gasteiger partial charge in [-0.3, -0.25) is 9.79 Å². The number of sulfone groups is 1. The third-order valence-corrected chi connectivity index (χ3v) is 8.33. The lowest BCUT2D eigenvalue weighted by Gasteiger charge is -2.27. The number of amidine groups is 1. The summed E-state index contributed by atoms with van der Waals surface area (Å²) < 4.78 is 23.4. The van der Waals surface area contributed by atoms with Crippen LogP contribution in [0.2, 0.25) is 0 Å². The van der Waals surface area contributed by atoms with Crippen LogP contribution in [0, 0.1) is 6.92 Å². The lowest BCUT2D eigenvalue weighted by atomic mass is 10.1. The van der Waals surface area contributed by atoms with Crippen molar-refractivity contribution in [3.8, 4) is 0 Å². The Hall–Kier alpha value is -1.54. The normalized spacial score (nSPS) is 27.1. The van der Waals surface area contributed by atoms with Crippen LogP contribution in [0.5, 0.6) is 0 Å². The van der Waals surface area contributed by atoms with Gasteiger partial charge < -0.3 is 10.2 Å². The smallest absolute Gasteiger partial charge is 0.253 e. The summed E-state index contributed by atoms with van der Waals surface area (Å²) in [5.74, 6) is 0.419. The Kier molecular flexibility index (Phi) is 4.73. The molecule has 4 rings (SSSR count). The topological polar surface area (TPSA) is 78.8 Å². The van der Waals surface area contributed by atoms with Crippen molar-refractivity contribution in [3.05, 3.63) is 29.3 Å². The highest BCUT2D eigenvalue weighted by Crippen LogP contribution is 2.35. The number of benzene rings is 1. The van der Waals surface area contributed by atoms with E-state index in [1.165, 1.54) is 18.2 Å². The second-order valence-corrected chi connectivity index (χ2v) is 10.6. The fourth-order valence-corrected chi connectivity index (χ4v) is 7.37. The van der Waals surface area contributed by atoms with Crippen LogP contribution in [0.4, 0.5) is 5.69 Å². The van der Waals surface area contributed by atoms with E-state index in [9.17, 15) is 13.2 Å². The van der Waals surface area contributed by atoms with Crippen LogP contribution in [0.1, 0.15) is 35.2 Å². The number of hydrogen-bond donors (Lipinski definition) is 1. The lowest BCUT2D eigenvalue weighted by Crippen LogP contribution is -2.35. The van der Waals surface area contributed by atoms with E-state index in [1.54, 1.807) is 0 Å². The third-order valence-electron chi connectivity index (χ3n) is 5.19. The van der Waals surface area contributed by atoms with Crippen molar-refractivity contribution >= 4 is 38.4 Å². The summed E-state index contributed by atoms with van der Waals surface area (Å²) >= 11 is 1.49. The van der Waals surface area contributed by atoms with Gasteiger partial charge >= 0.3 is 0 Å². The molecule has 0 radical (unpaired) electrons. The molecule has 0 saturated carbocycles. The Labute approximate surface area is 158 Å². The molecule has 2 fully saturated rings. The number of aliphatic imine (C=N–C) groups is 1. The molecule has 1 amide bonds. The molecule has 3 aliphatic rings. The number of likely N-dealkylation sites (tertiary alicyclic amines) is 1. The average molecular weight is 394 g/mol. The fourth-order valence-electron chi connectivity index (χ4n) is 3.70. The van der Waals surface area contributed by atoms with Crippen molar-refractivity contribution in [1.29, 1.82) is 0 Å². The standard InChI is InChI=1S/C18H23N3O3S2/c1-12-5-6-13(17(22)21-7-3-2-4-8-21)9-14(12)19-18-20-15-10-26(23,24)11-16(15)25-18/h5-6,9,15-16H,2-4,7-8,10-11H2,1H3,(H,19,20)/t15-,16-/m1/s1. The number of aryl methyl sites for hydroxylation is 1. The van der Waals surface area contributed by atoms with Gasteiger partial charge in [-0.2, -0.15) is 0 Å². The number of amides is 1. The van der Waals surface area contributed by atoms with Crippen LogP contribution >= 0.6 is 11.8 Å². The van der Waals surface area contributed by atoms with E-state index < -0.39 is 9.84 Å². The zero-order valence-corrected chi connectivity index (χ0v) is 16.4. The molecule has 0 unspecified atom stereocenters. The van der Waals surface area contributed by atoms with Crippen molar-refractivity contribution in [2.45, 2.75) is 37.5 Å². The maximum atomic E-state index is 12.7. The van der Waals surface area contributed by atoms with E-state index in [-0.39, 0.29) is 28.7 Å². The molecule has 3 heterocycles. The highest BCUT2D eigenvalue weighted by Gasteiger charge is 2.42. The van der Waals surface area contributed by atoms with Gasteiger partial charge in [-0.25, -0.2) is 8.42 Å².